The van der Waals surface area contributed by atoms with Gasteiger partial charge in [0.05, 0.1) is 0 Å². The van der Waals surface area contributed by atoms with E-state index in [0.29, 0.717) is 5.69 Å². The molecule has 0 fully saturated rings. The normalized spacial score (nSPS) is 9.55. The summed E-state index contributed by atoms with van der Waals surface area (Å²) in [6, 6.07) is 5.51. The molecule has 11 heavy (non-hydrogen) atoms. The Balaban J connectivity index is 2.95. The molecule has 2 N–H and O–H groups in total. The van der Waals surface area contributed by atoms with Gasteiger partial charge in [0.25, 0.3) is 0 Å². The molecule has 3 nitrogen and oxygen atoms in total. The van der Waals surface area contributed by atoms with Crippen LogP contribution in [0.25, 0.3) is 0 Å². The highest BCUT2D eigenvalue weighted by atomic mass is 16.3. The first-order chi connectivity index (χ1) is 5.24. The van der Waals surface area contributed by atoms with Gasteiger partial charge in [0.15, 0.2) is 0 Å². The monoisotopic (exact) mass is 150 g/mol. The highest BCUT2D eigenvalue weighted by molar-refractivity contribution is 5.48. The SMILES string of the molecule is Cc1ccc(CN=O)cc1N. The first-order valence-corrected chi connectivity index (χ1v) is 3.38. The number of hydrogen-bond donors (Lipinski definition) is 1. The van der Waals surface area contributed by atoms with Crippen LogP contribution in [0.2, 0.25) is 0 Å². The van der Waals surface area contributed by atoms with Gasteiger partial charge in [-0.05, 0) is 24.1 Å². The highest BCUT2D eigenvalue weighted by Gasteiger charge is 1.95. The number of aryl methyl sites for hydroxylation is 1. The minimum atomic E-state index is 0.199. The molecule has 3 heteroatoms. The van der Waals surface area contributed by atoms with E-state index in [4.69, 9.17) is 5.73 Å². The predicted octanol–water partition coefficient (Wildman–Crippen LogP) is 1.84. The Morgan fingerprint density at radius 2 is 2.27 bits per heavy atom. The van der Waals surface area contributed by atoms with E-state index in [1.807, 2.05) is 19.1 Å². The minimum absolute atomic E-state index is 0.199. The molecule has 0 saturated carbocycles. The lowest BCUT2D eigenvalue weighted by Gasteiger charge is -2.00. The molecule has 0 heterocycles. The van der Waals surface area contributed by atoms with Gasteiger partial charge in [-0.15, -0.1) is 0 Å². The zero-order valence-corrected chi connectivity index (χ0v) is 6.37. The highest BCUT2D eigenvalue weighted by Crippen LogP contribution is 2.13. The molecule has 0 aliphatic heterocycles. The van der Waals surface area contributed by atoms with Crippen LogP contribution in [0.3, 0.4) is 0 Å². The molecule has 0 atom stereocenters. The zero-order valence-electron chi connectivity index (χ0n) is 6.37. The average Bonchev–Trinajstić information content (AvgIpc) is 1.98. The second kappa shape index (κ2) is 3.14. The number of nitroso groups, excluding NO2 is 1. The van der Waals surface area contributed by atoms with E-state index in [-0.39, 0.29) is 6.54 Å². The van der Waals surface area contributed by atoms with E-state index in [0.717, 1.165) is 11.1 Å². The fourth-order valence-electron chi connectivity index (χ4n) is 0.863. The summed E-state index contributed by atoms with van der Waals surface area (Å²) >= 11 is 0. The lowest BCUT2D eigenvalue weighted by atomic mass is 10.1. The molecule has 0 aliphatic carbocycles. The molecule has 0 spiro atoms. The first kappa shape index (κ1) is 7.72. The Bertz CT molecular complexity index is 271. The summed E-state index contributed by atoms with van der Waals surface area (Å²) in [5.74, 6) is 0. The van der Waals surface area contributed by atoms with Crippen molar-refractivity contribution in [2.75, 3.05) is 5.73 Å². The third-order valence-corrected chi connectivity index (χ3v) is 1.59. The summed E-state index contributed by atoms with van der Waals surface area (Å²) in [5.41, 5.74) is 8.21. The summed E-state index contributed by atoms with van der Waals surface area (Å²) in [4.78, 5) is 9.88. The van der Waals surface area contributed by atoms with E-state index in [9.17, 15) is 4.91 Å². The molecule has 0 bridgehead atoms. The summed E-state index contributed by atoms with van der Waals surface area (Å²) in [6.45, 7) is 2.12. The van der Waals surface area contributed by atoms with Crippen molar-refractivity contribution in [3.05, 3.63) is 34.2 Å². The Hall–Kier alpha value is -1.38. The number of nitrogens with zero attached hydrogens (tertiary/aromatic N) is 1. The van der Waals surface area contributed by atoms with Crippen molar-refractivity contribution >= 4 is 5.69 Å². The second-order valence-electron chi connectivity index (χ2n) is 2.48. The van der Waals surface area contributed by atoms with Crippen molar-refractivity contribution in [1.29, 1.82) is 0 Å². The average molecular weight is 150 g/mol. The topological polar surface area (TPSA) is 55.5 Å². The van der Waals surface area contributed by atoms with Crippen molar-refractivity contribution in [3.8, 4) is 0 Å². The quantitative estimate of drug-likeness (QED) is 0.516. The van der Waals surface area contributed by atoms with Crippen LogP contribution >= 0.6 is 0 Å². The maximum absolute atomic E-state index is 9.88. The molecule has 0 unspecified atom stereocenters. The van der Waals surface area contributed by atoms with Gasteiger partial charge >= 0.3 is 0 Å². The predicted molar refractivity (Wildman–Crippen MR) is 45.1 cm³/mol. The van der Waals surface area contributed by atoms with Gasteiger partial charge in [0, 0.05) is 5.69 Å². The Morgan fingerprint density at radius 3 is 2.82 bits per heavy atom. The van der Waals surface area contributed by atoms with E-state index in [1.54, 1.807) is 6.07 Å². The van der Waals surface area contributed by atoms with Gasteiger partial charge in [0.1, 0.15) is 6.54 Å². The lowest BCUT2D eigenvalue weighted by molar-refractivity contribution is 1.05. The van der Waals surface area contributed by atoms with Gasteiger partial charge in [-0.3, -0.25) is 0 Å². The second-order valence-corrected chi connectivity index (χ2v) is 2.48. The Kier molecular flexibility index (Phi) is 2.21. The Morgan fingerprint density at radius 1 is 1.55 bits per heavy atom. The number of nitrogen functional groups attached to an aromatic ring is 1. The van der Waals surface area contributed by atoms with E-state index in [1.165, 1.54) is 0 Å². The number of rotatable bonds is 2. The Labute approximate surface area is 65.2 Å². The smallest absolute Gasteiger partial charge is 0.106 e. The molecule has 0 aliphatic rings. The molecule has 0 aromatic heterocycles. The summed E-state index contributed by atoms with van der Waals surface area (Å²) < 4.78 is 0. The maximum Gasteiger partial charge on any atom is 0.106 e. The van der Waals surface area contributed by atoms with Gasteiger partial charge < -0.3 is 5.73 Å². The number of hydrogen-bond acceptors (Lipinski definition) is 3. The molecule has 0 saturated heterocycles. The zero-order chi connectivity index (χ0) is 8.27. The van der Waals surface area contributed by atoms with Crippen LogP contribution in [-0.2, 0) is 6.54 Å². The molecule has 1 aromatic carbocycles. The fourth-order valence-corrected chi connectivity index (χ4v) is 0.863. The van der Waals surface area contributed by atoms with Crippen LogP contribution in [0.1, 0.15) is 11.1 Å². The minimum Gasteiger partial charge on any atom is -0.399 e. The van der Waals surface area contributed by atoms with E-state index >= 15 is 0 Å². The van der Waals surface area contributed by atoms with Crippen LogP contribution in [-0.4, -0.2) is 0 Å². The summed E-state index contributed by atoms with van der Waals surface area (Å²) in [7, 11) is 0. The van der Waals surface area contributed by atoms with Crippen LogP contribution in [0.5, 0.6) is 0 Å². The first-order valence-electron chi connectivity index (χ1n) is 3.38. The molecule has 0 amide bonds. The summed E-state index contributed by atoms with van der Waals surface area (Å²) in [5, 5.41) is 2.77. The van der Waals surface area contributed by atoms with Gasteiger partial charge in [0.2, 0.25) is 0 Å². The molecule has 0 radical (unpaired) electrons. The fraction of sp³-hybridized carbons (Fsp3) is 0.250. The van der Waals surface area contributed by atoms with Crippen molar-refractivity contribution in [2.24, 2.45) is 5.18 Å². The molecule has 1 aromatic rings. The maximum atomic E-state index is 9.88. The van der Waals surface area contributed by atoms with Crippen molar-refractivity contribution in [2.45, 2.75) is 13.5 Å². The van der Waals surface area contributed by atoms with Gasteiger partial charge in [-0.1, -0.05) is 17.3 Å². The molecule has 1 rings (SSSR count). The molecule has 58 valence electrons. The third kappa shape index (κ3) is 1.77. The van der Waals surface area contributed by atoms with Crippen LogP contribution in [0.15, 0.2) is 23.4 Å². The number of benzene rings is 1. The third-order valence-electron chi connectivity index (χ3n) is 1.59. The van der Waals surface area contributed by atoms with Crippen LogP contribution < -0.4 is 5.73 Å². The standard InChI is InChI=1S/C8H10N2O/c1-6-2-3-7(5-10-11)4-8(6)9/h2-4H,5,9H2,1H3. The van der Waals surface area contributed by atoms with Crippen LogP contribution in [0.4, 0.5) is 5.69 Å². The lowest BCUT2D eigenvalue weighted by Crippen LogP contribution is -1.91. The van der Waals surface area contributed by atoms with E-state index in [2.05, 4.69) is 5.18 Å². The van der Waals surface area contributed by atoms with Gasteiger partial charge in [-0.2, -0.15) is 4.91 Å². The van der Waals surface area contributed by atoms with E-state index < -0.39 is 0 Å². The largest absolute Gasteiger partial charge is 0.399 e. The van der Waals surface area contributed by atoms with Crippen LogP contribution in [0, 0.1) is 11.8 Å². The summed E-state index contributed by atoms with van der Waals surface area (Å²) in [6.07, 6.45) is 0. The molecular weight excluding hydrogens is 140 g/mol. The number of nitrogens with two attached hydrogens (primary N) is 1. The van der Waals surface area contributed by atoms with Crippen molar-refractivity contribution in [1.82, 2.24) is 0 Å². The number of anilines is 1. The molecular formula is C8H10N2O. The van der Waals surface area contributed by atoms with Crippen molar-refractivity contribution < 1.29 is 0 Å². The van der Waals surface area contributed by atoms with Gasteiger partial charge in [-0.25, -0.2) is 0 Å². The van der Waals surface area contributed by atoms with Crippen molar-refractivity contribution in [3.63, 3.8) is 0 Å².